The van der Waals surface area contributed by atoms with Gasteiger partial charge in [0.15, 0.2) is 0 Å². The third kappa shape index (κ3) is 5.08. The molecular formula is C10H16F3N3O. The van der Waals surface area contributed by atoms with Crippen LogP contribution in [0, 0.1) is 0 Å². The van der Waals surface area contributed by atoms with Gasteiger partial charge in [-0.1, -0.05) is 6.92 Å². The number of nitrogens with one attached hydrogen (secondary N) is 1. The summed E-state index contributed by atoms with van der Waals surface area (Å²) < 4.78 is 41.5. The lowest BCUT2D eigenvalue weighted by Crippen LogP contribution is -2.20. The average Bonchev–Trinajstić information content (AvgIpc) is 2.57. The van der Waals surface area contributed by atoms with Gasteiger partial charge in [-0.15, -0.1) is 0 Å². The average molecular weight is 251 g/mol. The zero-order chi connectivity index (χ0) is 12.9. The largest absolute Gasteiger partial charge is 0.411 e. The number of anilines is 1. The second-order valence-corrected chi connectivity index (χ2v) is 3.61. The Morgan fingerprint density at radius 1 is 1.47 bits per heavy atom. The first-order valence-electron chi connectivity index (χ1n) is 5.33. The second-order valence-electron chi connectivity index (χ2n) is 3.61. The van der Waals surface area contributed by atoms with Crippen LogP contribution in [0.5, 0.6) is 0 Å². The molecule has 0 atom stereocenters. The second kappa shape index (κ2) is 5.90. The quantitative estimate of drug-likeness (QED) is 0.786. The van der Waals surface area contributed by atoms with E-state index < -0.39 is 12.8 Å². The van der Waals surface area contributed by atoms with Crippen LogP contribution in [0.3, 0.4) is 0 Å². The van der Waals surface area contributed by atoms with E-state index in [0.717, 1.165) is 17.8 Å². The number of alkyl halides is 3. The first kappa shape index (κ1) is 13.8. The van der Waals surface area contributed by atoms with Crippen LogP contribution < -0.4 is 5.32 Å². The van der Waals surface area contributed by atoms with Gasteiger partial charge < -0.3 is 10.1 Å². The van der Waals surface area contributed by atoms with Gasteiger partial charge >= 0.3 is 6.18 Å². The number of aryl methyl sites for hydroxylation is 2. The van der Waals surface area contributed by atoms with Crippen LogP contribution in [0.25, 0.3) is 0 Å². The standard InChI is InChI=1S/C10H16F3N3O/c1-3-8-9(6-16(2)15-8)14-4-5-17-7-10(11,12)13/h6,14H,3-5,7H2,1-2H3. The van der Waals surface area contributed by atoms with Crippen LogP contribution in [0.1, 0.15) is 12.6 Å². The molecule has 1 aromatic rings. The van der Waals surface area contributed by atoms with Gasteiger partial charge in [0.1, 0.15) is 6.61 Å². The Balaban J connectivity index is 2.26. The lowest BCUT2D eigenvalue weighted by molar-refractivity contribution is -0.172. The van der Waals surface area contributed by atoms with Crippen LogP contribution in [0.15, 0.2) is 6.20 Å². The third-order valence-electron chi connectivity index (χ3n) is 2.07. The lowest BCUT2D eigenvalue weighted by Gasteiger charge is -2.08. The Labute approximate surface area is 97.8 Å². The number of hydrogen-bond acceptors (Lipinski definition) is 3. The van der Waals surface area contributed by atoms with Gasteiger partial charge in [-0.25, -0.2) is 0 Å². The fraction of sp³-hybridized carbons (Fsp3) is 0.700. The van der Waals surface area contributed by atoms with Crippen molar-refractivity contribution >= 4 is 5.69 Å². The smallest absolute Gasteiger partial charge is 0.380 e. The van der Waals surface area contributed by atoms with Gasteiger partial charge in [0.25, 0.3) is 0 Å². The molecule has 0 saturated heterocycles. The number of nitrogens with zero attached hydrogens (tertiary/aromatic N) is 2. The lowest BCUT2D eigenvalue weighted by atomic mass is 10.3. The maximum atomic E-state index is 11.8. The molecule has 17 heavy (non-hydrogen) atoms. The third-order valence-corrected chi connectivity index (χ3v) is 2.07. The highest BCUT2D eigenvalue weighted by atomic mass is 19.4. The summed E-state index contributed by atoms with van der Waals surface area (Å²) in [7, 11) is 1.80. The van der Waals surface area contributed by atoms with Crippen LogP contribution in [0.2, 0.25) is 0 Å². The molecule has 0 fully saturated rings. The fourth-order valence-electron chi connectivity index (χ4n) is 1.39. The molecule has 0 aromatic carbocycles. The minimum atomic E-state index is -4.26. The molecule has 1 heterocycles. The summed E-state index contributed by atoms with van der Waals surface area (Å²) in [5.74, 6) is 0. The maximum absolute atomic E-state index is 11.8. The summed E-state index contributed by atoms with van der Waals surface area (Å²) in [6.45, 7) is 1.10. The molecule has 4 nitrogen and oxygen atoms in total. The number of hydrogen-bond donors (Lipinski definition) is 1. The molecule has 0 bridgehead atoms. The minimum Gasteiger partial charge on any atom is -0.380 e. The highest BCUT2D eigenvalue weighted by Gasteiger charge is 2.27. The van der Waals surface area contributed by atoms with Gasteiger partial charge in [-0.05, 0) is 6.42 Å². The van der Waals surface area contributed by atoms with E-state index in [1.54, 1.807) is 17.9 Å². The van der Waals surface area contributed by atoms with Crippen molar-refractivity contribution in [1.29, 1.82) is 0 Å². The highest BCUT2D eigenvalue weighted by molar-refractivity contribution is 5.46. The molecule has 0 saturated carbocycles. The summed E-state index contributed by atoms with van der Waals surface area (Å²) >= 11 is 0. The predicted octanol–water partition coefficient (Wildman–Crippen LogP) is 1.97. The van der Waals surface area contributed by atoms with E-state index in [1.165, 1.54) is 0 Å². The van der Waals surface area contributed by atoms with E-state index in [1.807, 2.05) is 6.92 Å². The van der Waals surface area contributed by atoms with E-state index >= 15 is 0 Å². The first-order chi connectivity index (χ1) is 7.92. The topological polar surface area (TPSA) is 39.1 Å². The van der Waals surface area contributed by atoms with Crippen molar-refractivity contribution < 1.29 is 17.9 Å². The summed E-state index contributed by atoms with van der Waals surface area (Å²) in [6.07, 6.45) is -1.70. The molecule has 7 heteroatoms. The van der Waals surface area contributed by atoms with E-state index in [4.69, 9.17) is 0 Å². The molecule has 0 radical (unpaired) electrons. The van der Waals surface area contributed by atoms with Crippen LogP contribution in [-0.4, -0.2) is 35.7 Å². The number of ether oxygens (including phenoxy) is 1. The van der Waals surface area contributed by atoms with Gasteiger partial charge in [0, 0.05) is 19.8 Å². The van der Waals surface area contributed by atoms with Crippen molar-refractivity contribution in [2.24, 2.45) is 7.05 Å². The molecule has 0 aliphatic rings. The van der Waals surface area contributed by atoms with E-state index in [0.29, 0.717) is 6.54 Å². The van der Waals surface area contributed by atoms with E-state index in [-0.39, 0.29) is 6.61 Å². The normalized spacial score (nSPS) is 11.8. The monoisotopic (exact) mass is 251 g/mol. The highest BCUT2D eigenvalue weighted by Crippen LogP contribution is 2.15. The Morgan fingerprint density at radius 2 is 2.18 bits per heavy atom. The molecule has 0 aliphatic carbocycles. The molecule has 0 aliphatic heterocycles. The van der Waals surface area contributed by atoms with Crippen molar-refractivity contribution in [3.63, 3.8) is 0 Å². The van der Waals surface area contributed by atoms with Crippen molar-refractivity contribution in [3.05, 3.63) is 11.9 Å². The summed E-state index contributed by atoms with van der Waals surface area (Å²) in [5.41, 5.74) is 1.73. The van der Waals surface area contributed by atoms with Gasteiger partial charge in [0.05, 0.1) is 18.0 Å². The number of rotatable bonds is 6. The Morgan fingerprint density at radius 3 is 2.76 bits per heavy atom. The minimum absolute atomic E-state index is 0.0115. The Kier molecular flexibility index (Phi) is 4.80. The molecule has 98 valence electrons. The molecule has 1 aromatic heterocycles. The zero-order valence-corrected chi connectivity index (χ0v) is 9.84. The van der Waals surface area contributed by atoms with Crippen LogP contribution in [-0.2, 0) is 18.2 Å². The van der Waals surface area contributed by atoms with Gasteiger partial charge in [0.2, 0.25) is 0 Å². The number of aromatic nitrogens is 2. The SMILES string of the molecule is CCc1nn(C)cc1NCCOCC(F)(F)F. The van der Waals surface area contributed by atoms with Gasteiger partial charge in [-0.2, -0.15) is 18.3 Å². The van der Waals surface area contributed by atoms with E-state index in [2.05, 4.69) is 15.2 Å². The van der Waals surface area contributed by atoms with Crippen LogP contribution >= 0.6 is 0 Å². The van der Waals surface area contributed by atoms with Crippen molar-refractivity contribution in [3.8, 4) is 0 Å². The van der Waals surface area contributed by atoms with Gasteiger partial charge in [-0.3, -0.25) is 4.68 Å². The molecule has 1 rings (SSSR count). The van der Waals surface area contributed by atoms with Crippen molar-refractivity contribution in [2.75, 3.05) is 25.1 Å². The molecule has 0 spiro atoms. The summed E-state index contributed by atoms with van der Waals surface area (Å²) in [5, 5.41) is 7.20. The Hall–Kier alpha value is -1.24. The molecule has 0 amide bonds. The van der Waals surface area contributed by atoms with Crippen molar-refractivity contribution in [1.82, 2.24) is 9.78 Å². The summed E-state index contributed by atoms with van der Waals surface area (Å²) in [4.78, 5) is 0. The number of halogens is 3. The molecule has 0 unspecified atom stereocenters. The molecule has 1 N–H and O–H groups in total. The fourth-order valence-corrected chi connectivity index (χ4v) is 1.39. The summed E-state index contributed by atoms with van der Waals surface area (Å²) in [6, 6.07) is 0. The molecular weight excluding hydrogens is 235 g/mol. The van der Waals surface area contributed by atoms with Crippen LogP contribution in [0.4, 0.5) is 18.9 Å². The van der Waals surface area contributed by atoms with E-state index in [9.17, 15) is 13.2 Å². The first-order valence-corrected chi connectivity index (χ1v) is 5.33. The van der Waals surface area contributed by atoms with Crippen molar-refractivity contribution in [2.45, 2.75) is 19.5 Å². The Bertz CT molecular complexity index is 349. The maximum Gasteiger partial charge on any atom is 0.411 e. The predicted molar refractivity (Wildman–Crippen MR) is 57.9 cm³/mol. The zero-order valence-electron chi connectivity index (χ0n) is 9.84.